The number of hydrogen-bond donors (Lipinski definition) is 1. The van der Waals surface area contributed by atoms with Crippen LogP contribution < -0.4 is 4.72 Å². The van der Waals surface area contributed by atoms with Gasteiger partial charge in [-0.3, -0.25) is 0 Å². The van der Waals surface area contributed by atoms with Gasteiger partial charge in [0.15, 0.2) is 0 Å². The molecule has 1 N–H and O–H groups in total. The van der Waals surface area contributed by atoms with Gasteiger partial charge in [-0.05, 0) is 12.1 Å². The molecule has 0 radical (unpaired) electrons. The van der Waals surface area contributed by atoms with Crippen molar-refractivity contribution in [3.8, 4) is 0 Å². The molecule has 0 atom stereocenters. The van der Waals surface area contributed by atoms with Crippen LogP contribution in [-0.2, 0) is 16.6 Å². The minimum atomic E-state index is -3.61. The topological polar surface area (TPSA) is 85.1 Å². The Bertz CT molecular complexity index is 580. The molecule has 0 aliphatic carbocycles. The van der Waals surface area contributed by atoms with Gasteiger partial charge in [-0.1, -0.05) is 16.8 Å². The Morgan fingerprint density at radius 2 is 2.18 bits per heavy atom. The Kier molecular flexibility index (Phi) is 3.41. The first-order valence-corrected chi connectivity index (χ1v) is 6.44. The lowest BCUT2D eigenvalue weighted by molar-refractivity contribution is 0.411. The van der Waals surface area contributed by atoms with Crippen molar-refractivity contribution in [3.63, 3.8) is 0 Å². The second-order valence-electron chi connectivity index (χ2n) is 3.13. The first-order valence-electron chi connectivity index (χ1n) is 4.58. The number of nitrogens with zero attached hydrogens (tertiary/aromatic N) is 2. The number of rotatable bonds is 4. The van der Waals surface area contributed by atoms with Gasteiger partial charge in [0.05, 0.1) is 12.2 Å². The number of pyridine rings is 1. The minimum absolute atomic E-state index is 0.0467. The molecular weight excluding hydrogens is 266 g/mol. The lowest BCUT2D eigenvalue weighted by Gasteiger charge is -2.04. The first-order chi connectivity index (χ1) is 8.08. The van der Waals surface area contributed by atoms with E-state index in [4.69, 9.17) is 11.6 Å². The molecule has 2 aromatic heterocycles. The highest BCUT2D eigenvalue weighted by Crippen LogP contribution is 2.11. The Hall–Kier alpha value is -1.44. The average molecular weight is 274 g/mol. The number of halogens is 1. The van der Waals surface area contributed by atoms with Gasteiger partial charge >= 0.3 is 0 Å². The summed E-state index contributed by atoms with van der Waals surface area (Å²) < 4.78 is 30.5. The van der Waals surface area contributed by atoms with Crippen LogP contribution in [0.2, 0.25) is 5.15 Å². The Morgan fingerprint density at radius 3 is 2.76 bits per heavy atom. The van der Waals surface area contributed by atoms with Crippen molar-refractivity contribution in [2.24, 2.45) is 0 Å². The van der Waals surface area contributed by atoms with E-state index in [0.29, 0.717) is 5.69 Å². The molecule has 0 saturated carbocycles. The SMILES string of the molecule is O=S(=O)(NCc1ccon1)c1ccc(Cl)nc1. The second kappa shape index (κ2) is 4.82. The summed E-state index contributed by atoms with van der Waals surface area (Å²) in [5.74, 6) is 0. The standard InChI is InChI=1S/C9H8ClN3O3S/c10-9-2-1-8(6-11-9)17(14,15)12-5-7-3-4-16-13-7/h1-4,6,12H,5H2. The predicted octanol–water partition coefficient (Wildman–Crippen LogP) is 1.20. The summed E-state index contributed by atoms with van der Waals surface area (Å²) in [5, 5.41) is 3.82. The van der Waals surface area contributed by atoms with Crippen molar-refractivity contribution >= 4 is 21.6 Å². The summed E-state index contributed by atoms with van der Waals surface area (Å²) in [6.45, 7) is 0.0570. The molecule has 0 spiro atoms. The molecule has 0 fully saturated rings. The van der Waals surface area contributed by atoms with Crippen LogP contribution in [0.25, 0.3) is 0 Å². The molecule has 0 aromatic carbocycles. The highest BCUT2D eigenvalue weighted by Gasteiger charge is 2.14. The average Bonchev–Trinajstić information content (AvgIpc) is 2.80. The van der Waals surface area contributed by atoms with E-state index >= 15 is 0 Å². The van der Waals surface area contributed by atoms with Gasteiger partial charge in [0, 0.05) is 12.3 Å². The molecule has 0 amide bonds. The lowest BCUT2D eigenvalue weighted by Crippen LogP contribution is -2.23. The van der Waals surface area contributed by atoms with E-state index in [2.05, 4.69) is 19.4 Å². The van der Waals surface area contributed by atoms with Gasteiger partial charge in [-0.15, -0.1) is 0 Å². The second-order valence-corrected chi connectivity index (χ2v) is 5.29. The quantitative estimate of drug-likeness (QED) is 0.846. The summed E-state index contributed by atoms with van der Waals surface area (Å²) in [4.78, 5) is 3.75. The molecule has 2 aromatic rings. The molecule has 6 nitrogen and oxygen atoms in total. The molecule has 8 heteroatoms. The fourth-order valence-corrected chi connectivity index (χ4v) is 2.16. The van der Waals surface area contributed by atoms with Crippen molar-refractivity contribution in [2.45, 2.75) is 11.4 Å². The highest BCUT2D eigenvalue weighted by atomic mass is 35.5. The zero-order valence-corrected chi connectivity index (χ0v) is 10.1. The Labute approximate surface area is 103 Å². The van der Waals surface area contributed by atoms with Crippen molar-refractivity contribution in [1.82, 2.24) is 14.9 Å². The van der Waals surface area contributed by atoms with E-state index < -0.39 is 10.0 Å². The van der Waals surface area contributed by atoms with Gasteiger partial charge < -0.3 is 4.52 Å². The van der Waals surface area contributed by atoms with Crippen molar-refractivity contribution < 1.29 is 12.9 Å². The van der Waals surface area contributed by atoms with E-state index in [0.717, 1.165) is 0 Å². The molecule has 17 heavy (non-hydrogen) atoms. The third-order valence-electron chi connectivity index (χ3n) is 1.95. The van der Waals surface area contributed by atoms with Crippen molar-refractivity contribution in [2.75, 3.05) is 0 Å². The molecule has 2 rings (SSSR count). The number of nitrogens with one attached hydrogen (secondary N) is 1. The van der Waals surface area contributed by atoms with E-state index in [-0.39, 0.29) is 16.6 Å². The molecule has 2 heterocycles. The molecule has 0 bridgehead atoms. The molecule has 0 unspecified atom stereocenters. The number of sulfonamides is 1. The van der Waals surface area contributed by atoms with Crippen LogP contribution in [0.15, 0.2) is 40.1 Å². The fourth-order valence-electron chi connectivity index (χ4n) is 1.10. The summed E-state index contributed by atoms with van der Waals surface area (Å²) in [5.41, 5.74) is 0.496. The molecular formula is C9H8ClN3O3S. The zero-order valence-electron chi connectivity index (χ0n) is 8.50. The third-order valence-corrected chi connectivity index (χ3v) is 3.56. The van der Waals surface area contributed by atoms with E-state index in [1.807, 2.05) is 0 Å². The zero-order chi connectivity index (χ0) is 12.3. The van der Waals surface area contributed by atoms with Crippen LogP contribution in [0.3, 0.4) is 0 Å². The lowest BCUT2D eigenvalue weighted by atomic mass is 10.5. The summed E-state index contributed by atoms with van der Waals surface area (Å²) in [6.07, 6.45) is 2.56. The van der Waals surface area contributed by atoms with Gasteiger partial charge in [-0.25, -0.2) is 18.1 Å². The highest BCUT2D eigenvalue weighted by molar-refractivity contribution is 7.89. The smallest absolute Gasteiger partial charge is 0.242 e. The molecule has 0 aliphatic heterocycles. The first kappa shape index (κ1) is 12.0. The van der Waals surface area contributed by atoms with Crippen LogP contribution in [0.1, 0.15) is 5.69 Å². The minimum Gasteiger partial charge on any atom is -0.364 e. The van der Waals surface area contributed by atoms with Crippen LogP contribution in [0.5, 0.6) is 0 Å². The summed E-state index contributed by atoms with van der Waals surface area (Å²) in [7, 11) is -3.61. The van der Waals surface area contributed by atoms with Crippen LogP contribution in [0, 0.1) is 0 Å². The Morgan fingerprint density at radius 1 is 1.35 bits per heavy atom. The normalized spacial score (nSPS) is 11.6. The van der Waals surface area contributed by atoms with E-state index in [1.54, 1.807) is 6.07 Å². The maximum Gasteiger partial charge on any atom is 0.242 e. The summed E-state index contributed by atoms with van der Waals surface area (Å²) >= 11 is 5.57. The van der Waals surface area contributed by atoms with E-state index in [1.165, 1.54) is 24.6 Å². The van der Waals surface area contributed by atoms with Crippen molar-refractivity contribution in [1.29, 1.82) is 0 Å². The molecule has 0 aliphatic rings. The monoisotopic (exact) mass is 273 g/mol. The maximum atomic E-state index is 11.8. The van der Waals surface area contributed by atoms with Gasteiger partial charge in [0.2, 0.25) is 10.0 Å². The van der Waals surface area contributed by atoms with Crippen LogP contribution >= 0.6 is 11.6 Å². The van der Waals surface area contributed by atoms with Gasteiger partial charge in [0.1, 0.15) is 16.3 Å². The largest absolute Gasteiger partial charge is 0.364 e. The van der Waals surface area contributed by atoms with Crippen LogP contribution in [-0.4, -0.2) is 18.6 Å². The maximum absolute atomic E-state index is 11.8. The van der Waals surface area contributed by atoms with Crippen LogP contribution in [0.4, 0.5) is 0 Å². The molecule has 0 saturated heterocycles. The third kappa shape index (κ3) is 3.02. The fraction of sp³-hybridized carbons (Fsp3) is 0.111. The Balaban J connectivity index is 2.11. The van der Waals surface area contributed by atoms with Gasteiger partial charge in [0.25, 0.3) is 0 Å². The predicted molar refractivity (Wildman–Crippen MR) is 59.8 cm³/mol. The van der Waals surface area contributed by atoms with Gasteiger partial charge in [-0.2, -0.15) is 0 Å². The number of hydrogen-bond acceptors (Lipinski definition) is 5. The molecule has 90 valence electrons. The van der Waals surface area contributed by atoms with E-state index in [9.17, 15) is 8.42 Å². The van der Waals surface area contributed by atoms with Crippen molar-refractivity contribution in [3.05, 3.63) is 41.5 Å². The summed E-state index contributed by atoms with van der Waals surface area (Å²) in [6, 6.07) is 4.36. The number of aromatic nitrogens is 2.